The van der Waals surface area contributed by atoms with Gasteiger partial charge in [0.05, 0.1) is 6.10 Å². The van der Waals surface area contributed by atoms with E-state index in [9.17, 15) is 4.79 Å². The Bertz CT molecular complexity index is 187. The predicted octanol–water partition coefficient (Wildman–Crippen LogP) is 1.98. The molecule has 1 N–H and O–H groups in total. The third kappa shape index (κ3) is 4.68. The second-order valence-electron chi connectivity index (χ2n) is 3.31. The Morgan fingerprint density at radius 1 is 1.38 bits per heavy atom. The fourth-order valence-corrected chi connectivity index (χ4v) is 1.48. The number of carbonyl (C=O) groups is 1. The van der Waals surface area contributed by atoms with Crippen LogP contribution in [0.1, 0.15) is 32.1 Å². The molecule has 0 amide bonds. The molecule has 0 spiro atoms. The van der Waals surface area contributed by atoms with Crippen LogP contribution in [0.5, 0.6) is 0 Å². The summed E-state index contributed by atoms with van der Waals surface area (Å²) in [7, 11) is 0. The van der Waals surface area contributed by atoms with E-state index in [2.05, 4.69) is 12.2 Å². The number of rotatable bonds is 3. The summed E-state index contributed by atoms with van der Waals surface area (Å²) in [5.41, 5.74) is 0. The van der Waals surface area contributed by atoms with Crippen molar-refractivity contribution in [1.82, 2.24) is 0 Å². The van der Waals surface area contributed by atoms with Crippen molar-refractivity contribution in [3.8, 4) is 0 Å². The number of allylic oxidation sites excluding steroid dienone is 2. The molecule has 13 heavy (non-hydrogen) atoms. The summed E-state index contributed by atoms with van der Waals surface area (Å²) in [5, 5.41) is 8.43. The lowest BCUT2D eigenvalue weighted by atomic mass is 10.0. The van der Waals surface area contributed by atoms with Crippen LogP contribution in [0.15, 0.2) is 12.2 Å². The molecule has 74 valence electrons. The van der Waals surface area contributed by atoms with Crippen molar-refractivity contribution in [3.05, 3.63) is 12.2 Å². The van der Waals surface area contributed by atoms with E-state index in [1.807, 2.05) is 0 Å². The van der Waals surface area contributed by atoms with Crippen molar-refractivity contribution in [1.29, 1.82) is 0 Å². The van der Waals surface area contributed by atoms with Crippen LogP contribution in [-0.2, 0) is 9.53 Å². The van der Waals surface area contributed by atoms with Gasteiger partial charge in [0.25, 0.3) is 0 Å². The molecular formula is C10H16O3. The first-order valence-electron chi connectivity index (χ1n) is 4.77. The maximum absolute atomic E-state index is 10.3. The zero-order chi connectivity index (χ0) is 9.52. The van der Waals surface area contributed by atoms with Crippen LogP contribution in [0.3, 0.4) is 0 Å². The lowest BCUT2D eigenvalue weighted by molar-refractivity contribution is -0.144. The summed E-state index contributed by atoms with van der Waals surface area (Å²) in [5.74, 6) is -0.877. The van der Waals surface area contributed by atoms with Crippen LogP contribution in [0.2, 0.25) is 0 Å². The number of hydrogen-bond donors (Lipinski definition) is 1. The molecule has 0 aromatic carbocycles. The fourth-order valence-electron chi connectivity index (χ4n) is 1.48. The molecule has 0 saturated carbocycles. The predicted molar refractivity (Wildman–Crippen MR) is 49.6 cm³/mol. The van der Waals surface area contributed by atoms with E-state index in [-0.39, 0.29) is 12.7 Å². The molecule has 1 atom stereocenters. The summed E-state index contributed by atoms with van der Waals surface area (Å²) in [6.45, 7) is -0.158. The first kappa shape index (κ1) is 10.3. The summed E-state index contributed by atoms with van der Waals surface area (Å²) >= 11 is 0. The van der Waals surface area contributed by atoms with E-state index in [0.717, 1.165) is 32.1 Å². The zero-order valence-corrected chi connectivity index (χ0v) is 7.74. The molecule has 0 aromatic rings. The van der Waals surface area contributed by atoms with Crippen LogP contribution in [0, 0.1) is 0 Å². The first-order chi connectivity index (χ1) is 6.29. The van der Waals surface area contributed by atoms with Crippen LogP contribution in [0.4, 0.5) is 0 Å². The molecule has 0 saturated heterocycles. The molecular weight excluding hydrogens is 168 g/mol. The Kier molecular flexibility index (Phi) is 4.54. The largest absolute Gasteiger partial charge is 0.480 e. The molecule has 1 aliphatic carbocycles. The second-order valence-corrected chi connectivity index (χ2v) is 3.31. The van der Waals surface area contributed by atoms with Gasteiger partial charge >= 0.3 is 5.97 Å². The van der Waals surface area contributed by atoms with Crippen molar-refractivity contribution in [2.75, 3.05) is 6.61 Å². The van der Waals surface area contributed by atoms with Gasteiger partial charge in [-0.2, -0.15) is 0 Å². The molecule has 3 heteroatoms. The molecule has 3 nitrogen and oxygen atoms in total. The van der Waals surface area contributed by atoms with E-state index in [1.165, 1.54) is 0 Å². The maximum atomic E-state index is 10.3. The van der Waals surface area contributed by atoms with Gasteiger partial charge in [-0.15, -0.1) is 0 Å². The highest BCUT2D eigenvalue weighted by Crippen LogP contribution is 2.14. The minimum absolute atomic E-state index is 0.140. The average Bonchev–Trinajstić information content (AvgIpc) is 2.01. The van der Waals surface area contributed by atoms with Gasteiger partial charge < -0.3 is 9.84 Å². The van der Waals surface area contributed by atoms with Crippen molar-refractivity contribution in [2.45, 2.75) is 38.2 Å². The molecule has 0 heterocycles. The highest BCUT2D eigenvalue weighted by atomic mass is 16.5. The van der Waals surface area contributed by atoms with Gasteiger partial charge in [-0.05, 0) is 32.1 Å². The van der Waals surface area contributed by atoms with Gasteiger partial charge in [0.15, 0.2) is 0 Å². The summed E-state index contributed by atoms with van der Waals surface area (Å²) in [6.07, 6.45) is 9.60. The average molecular weight is 184 g/mol. The van der Waals surface area contributed by atoms with Crippen LogP contribution in [-0.4, -0.2) is 23.8 Å². The van der Waals surface area contributed by atoms with Gasteiger partial charge in [-0.25, -0.2) is 4.79 Å². The van der Waals surface area contributed by atoms with Gasteiger partial charge in [-0.3, -0.25) is 0 Å². The van der Waals surface area contributed by atoms with Gasteiger partial charge in [0.2, 0.25) is 0 Å². The third-order valence-electron chi connectivity index (χ3n) is 2.16. The monoisotopic (exact) mass is 184 g/mol. The van der Waals surface area contributed by atoms with Crippen LogP contribution in [0.25, 0.3) is 0 Å². The molecule has 1 rings (SSSR count). The Labute approximate surface area is 78.4 Å². The molecule has 0 bridgehead atoms. The van der Waals surface area contributed by atoms with Crippen molar-refractivity contribution < 1.29 is 14.6 Å². The summed E-state index contributed by atoms with van der Waals surface area (Å²) in [4.78, 5) is 10.3. The summed E-state index contributed by atoms with van der Waals surface area (Å²) in [6, 6.07) is 0. The maximum Gasteiger partial charge on any atom is 0.329 e. The Morgan fingerprint density at radius 3 is 2.92 bits per heavy atom. The molecule has 1 unspecified atom stereocenters. The quantitative estimate of drug-likeness (QED) is 0.682. The molecule has 0 aliphatic heterocycles. The zero-order valence-electron chi connectivity index (χ0n) is 7.74. The van der Waals surface area contributed by atoms with Crippen LogP contribution >= 0.6 is 0 Å². The van der Waals surface area contributed by atoms with Gasteiger partial charge in [0.1, 0.15) is 6.61 Å². The Hall–Kier alpha value is -0.830. The minimum Gasteiger partial charge on any atom is -0.480 e. The van der Waals surface area contributed by atoms with E-state index >= 15 is 0 Å². The normalized spacial score (nSPS) is 23.5. The third-order valence-corrected chi connectivity index (χ3v) is 2.16. The minimum atomic E-state index is -0.877. The van der Waals surface area contributed by atoms with E-state index in [1.54, 1.807) is 0 Å². The topological polar surface area (TPSA) is 46.5 Å². The van der Waals surface area contributed by atoms with Crippen LogP contribution < -0.4 is 0 Å². The van der Waals surface area contributed by atoms with Crippen molar-refractivity contribution in [2.24, 2.45) is 0 Å². The standard InChI is InChI=1S/C10H16O3/c11-10(12)8-13-9-6-4-2-1-3-5-7-9/h1-2,9H,3-8H2,(H,11,12). The number of carboxylic acids is 1. The SMILES string of the molecule is O=C(O)COC1CCC=CCCC1. The first-order valence-corrected chi connectivity index (χ1v) is 4.77. The van der Waals surface area contributed by atoms with Crippen molar-refractivity contribution >= 4 is 5.97 Å². The van der Waals surface area contributed by atoms with E-state index in [0.29, 0.717) is 0 Å². The fraction of sp³-hybridized carbons (Fsp3) is 0.700. The van der Waals surface area contributed by atoms with E-state index in [4.69, 9.17) is 9.84 Å². The Balaban J connectivity index is 2.23. The molecule has 0 aromatic heterocycles. The van der Waals surface area contributed by atoms with Gasteiger partial charge in [0, 0.05) is 0 Å². The molecule has 0 fully saturated rings. The molecule has 0 radical (unpaired) electrons. The number of ether oxygens (including phenoxy) is 1. The number of hydrogen-bond acceptors (Lipinski definition) is 2. The number of carboxylic acid groups (broad SMARTS) is 1. The number of aliphatic carboxylic acids is 1. The lowest BCUT2D eigenvalue weighted by Gasteiger charge is -2.16. The lowest BCUT2D eigenvalue weighted by Crippen LogP contribution is -2.18. The molecule has 1 aliphatic rings. The Morgan fingerprint density at radius 2 is 2.15 bits per heavy atom. The second kappa shape index (κ2) is 5.75. The summed E-state index contributed by atoms with van der Waals surface area (Å²) < 4.78 is 5.25. The van der Waals surface area contributed by atoms with Gasteiger partial charge in [-0.1, -0.05) is 12.2 Å². The highest BCUT2D eigenvalue weighted by molar-refractivity contribution is 5.68. The van der Waals surface area contributed by atoms with E-state index < -0.39 is 5.97 Å². The highest BCUT2D eigenvalue weighted by Gasteiger charge is 2.10. The smallest absolute Gasteiger partial charge is 0.329 e. The van der Waals surface area contributed by atoms with Crippen molar-refractivity contribution in [3.63, 3.8) is 0 Å².